The molecule has 1 amide bonds. The lowest BCUT2D eigenvalue weighted by molar-refractivity contribution is -0.131. The highest BCUT2D eigenvalue weighted by molar-refractivity contribution is 5.76. The molecule has 0 bridgehead atoms. The van der Waals surface area contributed by atoms with Crippen LogP contribution in [0.25, 0.3) is 11.4 Å². The second-order valence-electron chi connectivity index (χ2n) is 7.38. The van der Waals surface area contributed by atoms with Gasteiger partial charge in [-0.15, -0.1) is 0 Å². The van der Waals surface area contributed by atoms with Gasteiger partial charge in [-0.3, -0.25) is 9.78 Å². The zero-order chi connectivity index (χ0) is 20.9. The second-order valence-corrected chi connectivity index (χ2v) is 7.38. The molecule has 9 nitrogen and oxygen atoms in total. The van der Waals surface area contributed by atoms with Gasteiger partial charge >= 0.3 is 0 Å². The highest BCUT2D eigenvalue weighted by Crippen LogP contribution is 2.20. The number of pyridine rings is 1. The summed E-state index contributed by atoms with van der Waals surface area (Å²) >= 11 is 0. The quantitative estimate of drug-likeness (QED) is 0.613. The van der Waals surface area contributed by atoms with E-state index in [2.05, 4.69) is 30.0 Å². The third-order valence-electron chi connectivity index (χ3n) is 5.43. The summed E-state index contributed by atoms with van der Waals surface area (Å²) in [6.07, 6.45) is 6.73. The summed E-state index contributed by atoms with van der Waals surface area (Å²) in [5, 5.41) is 4.00. The first-order valence-electron chi connectivity index (χ1n) is 10.2. The van der Waals surface area contributed by atoms with Crippen molar-refractivity contribution in [3.63, 3.8) is 0 Å². The maximum atomic E-state index is 12.6. The van der Waals surface area contributed by atoms with E-state index < -0.39 is 0 Å². The van der Waals surface area contributed by atoms with Crippen molar-refractivity contribution in [3.8, 4) is 11.4 Å². The van der Waals surface area contributed by atoms with Crippen LogP contribution in [0.4, 0.5) is 5.82 Å². The number of rotatable bonds is 6. The lowest BCUT2D eigenvalue weighted by Gasteiger charge is -2.36. The molecule has 3 aromatic rings. The Kier molecular flexibility index (Phi) is 5.97. The first kappa shape index (κ1) is 19.9. The van der Waals surface area contributed by atoms with Gasteiger partial charge in [0.05, 0.1) is 0 Å². The fourth-order valence-corrected chi connectivity index (χ4v) is 3.54. The van der Waals surface area contributed by atoms with Crippen molar-refractivity contribution in [1.29, 1.82) is 0 Å². The lowest BCUT2D eigenvalue weighted by atomic mass is 10.2. The predicted molar refractivity (Wildman–Crippen MR) is 111 cm³/mol. The van der Waals surface area contributed by atoms with Crippen molar-refractivity contribution in [2.24, 2.45) is 0 Å². The summed E-state index contributed by atoms with van der Waals surface area (Å²) < 4.78 is 5.31. The SMILES string of the molecule is Cc1ncnc(N2CCN(C(=O)CCCc3nc(-c4ccncc4)no3)CC2)c1C. The topological polar surface area (TPSA) is 101 Å². The first-order valence-corrected chi connectivity index (χ1v) is 10.2. The highest BCUT2D eigenvalue weighted by atomic mass is 16.5. The van der Waals surface area contributed by atoms with E-state index in [-0.39, 0.29) is 5.91 Å². The molecule has 3 aromatic heterocycles. The molecule has 0 N–H and O–H groups in total. The Morgan fingerprint density at radius 2 is 1.87 bits per heavy atom. The summed E-state index contributed by atoms with van der Waals surface area (Å²) in [7, 11) is 0. The van der Waals surface area contributed by atoms with E-state index in [1.54, 1.807) is 18.7 Å². The van der Waals surface area contributed by atoms with E-state index in [0.717, 1.165) is 35.7 Å². The van der Waals surface area contributed by atoms with Crippen molar-refractivity contribution < 1.29 is 9.32 Å². The predicted octanol–water partition coefficient (Wildman–Crippen LogP) is 2.21. The summed E-state index contributed by atoms with van der Waals surface area (Å²) in [5.74, 6) is 2.23. The maximum absolute atomic E-state index is 12.6. The first-order chi connectivity index (χ1) is 14.6. The van der Waals surface area contributed by atoms with Crippen LogP contribution in [0.2, 0.25) is 0 Å². The van der Waals surface area contributed by atoms with Crippen LogP contribution in [0.5, 0.6) is 0 Å². The molecule has 0 spiro atoms. The number of hydrogen-bond acceptors (Lipinski definition) is 8. The molecule has 0 atom stereocenters. The zero-order valence-corrected chi connectivity index (χ0v) is 17.3. The van der Waals surface area contributed by atoms with E-state index in [1.165, 1.54) is 0 Å². The molecule has 1 aliphatic heterocycles. The Morgan fingerprint density at radius 1 is 1.10 bits per heavy atom. The van der Waals surface area contributed by atoms with Crippen LogP contribution in [0.3, 0.4) is 0 Å². The molecule has 0 radical (unpaired) electrons. The van der Waals surface area contributed by atoms with Crippen molar-refractivity contribution in [3.05, 3.63) is 48.0 Å². The Labute approximate surface area is 175 Å². The van der Waals surface area contributed by atoms with Gasteiger partial charge in [-0.05, 0) is 32.4 Å². The summed E-state index contributed by atoms with van der Waals surface area (Å²) in [6, 6.07) is 3.67. The zero-order valence-electron chi connectivity index (χ0n) is 17.3. The van der Waals surface area contributed by atoms with Gasteiger partial charge in [0.25, 0.3) is 0 Å². The average Bonchev–Trinajstić information content (AvgIpc) is 3.25. The Hall–Kier alpha value is -3.36. The third-order valence-corrected chi connectivity index (χ3v) is 5.43. The number of amides is 1. The molecular weight excluding hydrogens is 382 g/mol. The molecule has 4 heterocycles. The largest absolute Gasteiger partial charge is 0.353 e. The minimum absolute atomic E-state index is 0.166. The number of aryl methyl sites for hydroxylation is 2. The van der Waals surface area contributed by atoms with E-state index in [9.17, 15) is 4.79 Å². The van der Waals surface area contributed by atoms with E-state index >= 15 is 0 Å². The van der Waals surface area contributed by atoms with Crippen LogP contribution in [0.1, 0.15) is 30.0 Å². The molecule has 1 saturated heterocycles. The summed E-state index contributed by atoms with van der Waals surface area (Å²) in [5.41, 5.74) is 2.96. The van der Waals surface area contributed by atoms with Gasteiger partial charge in [-0.1, -0.05) is 5.16 Å². The number of anilines is 1. The molecule has 0 aromatic carbocycles. The third kappa shape index (κ3) is 4.45. The van der Waals surface area contributed by atoms with Gasteiger partial charge in [0.1, 0.15) is 12.1 Å². The minimum Gasteiger partial charge on any atom is -0.353 e. The van der Waals surface area contributed by atoms with Gasteiger partial charge in [-0.2, -0.15) is 4.98 Å². The molecular formula is C21H25N7O2. The Bertz CT molecular complexity index is 998. The number of hydrogen-bond donors (Lipinski definition) is 0. The number of carbonyl (C=O) groups is 1. The minimum atomic E-state index is 0.166. The van der Waals surface area contributed by atoms with Crippen molar-refractivity contribution in [2.45, 2.75) is 33.1 Å². The number of piperazine rings is 1. The van der Waals surface area contributed by atoms with Gasteiger partial charge in [-0.25, -0.2) is 9.97 Å². The Balaban J connectivity index is 1.24. The molecule has 0 aliphatic carbocycles. The van der Waals surface area contributed by atoms with E-state index in [4.69, 9.17) is 4.52 Å². The maximum Gasteiger partial charge on any atom is 0.226 e. The van der Waals surface area contributed by atoms with Crippen LogP contribution in [0.15, 0.2) is 35.4 Å². The normalized spacial score (nSPS) is 14.2. The van der Waals surface area contributed by atoms with Gasteiger partial charge in [0, 0.05) is 68.2 Å². The highest BCUT2D eigenvalue weighted by Gasteiger charge is 2.23. The molecule has 0 saturated carbocycles. The van der Waals surface area contributed by atoms with Gasteiger partial charge < -0.3 is 14.3 Å². The fourth-order valence-electron chi connectivity index (χ4n) is 3.54. The molecule has 1 aliphatic rings. The smallest absolute Gasteiger partial charge is 0.226 e. The second kappa shape index (κ2) is 8.98. The summed E-state index contributed by atoms with van der Waals surface area (Å²) in [4.78, 5) is 33.8. The molecule has 9 heteroatoms. The standard InChI is InChI=1S/C21H25N7O2/c1-15-16(2)23-14-24-21(15)28-12-10-27(11-13-28)19(29)5-3-4-18-25-20(26-30-18)17-6-8-22-9-7-17/h6-9,14H,3-5,10-13H2,1-2H3. The molecule has 4 rings (SSSR count). The molecule has 30 heavy (non-hydrogen) atoms. The van der Waals surface area contributed by atoms with Crippen molar-refractivity contribution >= 4 is 11.7 Å². The van der Waals surface area contributed by atoms with Crippen LogP contribution >= 0.6 is 0 Å². The van der Waals surface area contributed by atoms with Gasteiger partial charge in [0.2, 0.25) is 17.6 Å². The van der Waals surface area contributed by atoms with Crippen LogP contribution in [-0.4, -0.2) is 62.1 Å². The average molecular weight is 407 g/mol. The number of aromatic nitrogens is 5. The van der Waals surface area contributed by atoms with Crippen molar-refractivity contribution in [2.75, 3.05) is 31.1 Å². The molecule has 0 unspecified atom stereocenters. The van der Waals surface area contributed by atoms with E-state index in [1.807, 2.05) is 30.9 Å². The van der Waals surface area contributed by atoms with Crippen LogP contribution in [0, 0.1) is 13.8 Å². The number of carbonyl (C=O) groups excluding carboxylic acids is 1. The molecule has 156 valence electrons. The monoisotopic (exact) mass is 407 g/mol. The van der Waals surface area contributed by atoms with Crippen molar-refractivity contribution in [1.82, 2.24) is 30.0 Å². The van der Waals surface area contributed by atoms with E-state index in [0.29, 0.717) is 44.1 Å². The lowest BCUT2D eigenvalue weighted by Crippen LogP contribution is -2.49. The Morgan fingerprint density at radius 3 is 2.63 bits per heavy atom. The summed E-state index contributed by atoms with van der Waals surface area (Å²) in [6.45, 7) is 7.00. The number of nitrogens with zero attached hydrogens (tertiary/aromatic N) is 7. The van der Waals surface area contributed by atoms with Crippen LogP contribution < -0.4 is 4.90 Å². The molecule has 1 fully saturated rings. The fraction of sp³-hybridized carbons (Fsp3) is 0.429. The van der Waals surface area contributed by atoms with Gasteiger partial charge in [0.15, 0.2) is 0 Å². The van der Waals surface area contributed by atoms with Crippen LogP contribution in [-0.2, 0) is 11.2 Å².